The van der Waals surface area contributed by atoms with Crippen molar-refractivity contribution in [2.45, 2.75) is 0 Å². The van der Waals surface area contributed by atoms with Crippen molar-refractivity contribution in [3.05, 3.63) is 152 Å². The second-order valence-electron chi connectivity index (χ2n) is 9.81. The molecule has 0 unspecified atom stereocenters. The van der Waals surface area contributed by atoms with Crippen molar-refractivity contribution >= 4 is 0 Å². The number of hydrogen-bond acceptors (Lipinski definition) is 5. The van der Waals surface area contributed by atoms with E-state index in [9.17, 15) is 0 Å². The van der Waals surface area contributed by atoms with Crippen LogP contribution in [0.4, 0.5) is 0 Å². The lowest BCUT2D eigenvalue weighted by atomic mass is 9.91. The van der Waals surface area contributed by atoms with Crippen LogP contribution >= 0.6 is 0 Å². The smallest absolute Gasteiger partial charge is 0.182 e. The van der Waals surface area contributed by atoms with Crippen molar-refractivity contribution in [2.75, 3.05) is 0 Å². The zero-order valence-electron chi connectivity index (χ0n) is 22.7. The highest BCUT2D eigenvalue weighted by Crippen LogP contribution is 2.36. The van der Waals surface area contributed by atoms with Gasteiger partial charge < -0.3 is 0 Å². The molecule has 0 aliphatic heterocycles. The molecule has 0 aliphatic carbocycles. The summed E-state index contributed by atoms with van der Waals surface area (Å²) in [5.41, 5.74) is 9.11. The minimum absolute atomic E-state index is 0.503. The third-order valence-corrected chi connectivity index (χ3v) is 7.09. The molecule has 4 aromatic carbocycles. The van der Waals surface area contributed by atoms with Gasteiger partial charge in [0.2, 0.25) is 0 Å². The predicted octanol–water partition coefficient (Wildman–Crippen LogP) is 8.66. The van der Waals surface area contributed by atoms with Crippen molar-refractivity contribution in [3.8, 4) is 67.8 Å². The van der Waals surface area contributed by atoms with Gasteiger partial charge in [0, 0.05) is 18.0 Å². The Morgan fingerprint density at radius 3 is 1.33 bits per heavy atom. The third-order valence-electron chi connectivity index (χ3n) is 7.09. The average Bonchev–Trinajstić information content (AvgIpc) is 3.09. The Hall–Kier alpha value is -5.81. The molecular weight excluding hydrogens is 514 g/mol. The molecule has 0 bridgehead atoms. The van der Waals surface area contributed by atoms with Crippen LogP contribution in [0, 0.1) is 0 Å². The topological polar surface area (TPSA) is 64.5 Å². The maximum Gasteiger partial charge on any atom is 0.182 e. The van der Waals surface area contributed by atoms with E-state index < -0.39 is 0 Å². The monoisotopic (exact) mass is 539 g/mol. The van der Waals surface area contributed by atoms with Crippen LogP contribution in [0.25, 0.3) is 67.8 Å². The third kappa shape index (κ3) is 5.19. The van der Waals surface area contributed by atoms with E-state index >= 15 is 0 Å². The number of rotatable bonds is 6. The number of nitrogens with zero attached hydrogens (tertiary/aromatic N) is 5. The van der Waals surface area contributed by atoms with E-state index in [1.54, 1.807) is 12.4 Å². The highest BCUT2D eigenvalue weighted by atomic mass is 15.1. The van der Waals surface area contributed by atoms with Crippen LogP contribution in [-0.4, -0.2) is 24.9 Å². The molecular formula is C37H25N5. The fraction of sp³-hybridized carbons (Fsp3) is 0. The number of pyridine rings is 2. The van der Waals surface area contributed by atoms with E-state index in [-0.39, 0.29) is 0 Å². The van der Waals surface area contributed by atoms with Crippen molar-refractivity contribution < 1.29 is 0 Å². The van der Waals surface area contributed by atoms with Crippen LogP contribution in [0.5, 0.6) is 0 Å². The molecule has 0 saturated carbocycles. The largest absolute Gasteiger partial charge is 0.253 e. The molecule has 42 heavy (non-hydrogen) atoms. The number of aromatic nitrogens is 5. The predicted molar refractivity (Wildman–Crippen MR) is 168 cm³/mol. The summed E-state index contributed by atoms with van der Waals surface area (Å²) in [6.07, 6.45) is 3.48. The van der Waals surface area contributed by atoms with Gasteiger partial charge in [-0.2, -0.15) is 0 Å². The Balaban J connectivity index is 1.37. The molecule has 5 nitrogen and oxygen atoms in total. The first-order valence-corrected chi connectivity index (χ1v) is 13.8. The maximum atomic E-state index is 4.87. The molecule has 0 saturated heterocycles. The summed E-state index contributed by atoms with van der Waals surface area (Å²) in [6, 6.07) is 47.4. The molecule has 198 valence electrons. The van der Waals surface area contributed by atoms with Crippen molar-refractivity contribution in [2.24, 2.45) is 0 Å². The van der Waals surface area contributed by atoms with Gasteiger partial charge >= 0.3 is 0 Å². The molecule has 0 N–H and O–H groups in total. The van der Waals surface area contributed by atoms with Crippen molar-refractivity contribution in [3.63, 3.8) is 0 Å². The zero-order valence-corrected chi connectivity index (χ0v) is 22.7. The molecule has 7 aromatic rings. The van der Waals surface area contributed by atoms with Gasteiger partial charge in [-0.05, 0) is 63.7 Å². The lowest BCUT2D eigenvalue weighted by Gasteiger charge is -2.14. The second kappa shape index (κ2) is 11.4. The van der Waals surface area contributed by atoms with E-state index in [4.69, 9.17) is 15.0 Å². The lowest BCUT2D eigenvalue weighted by molar-refractivity contribution is 1.05. The fourth-order valence-electron chi connectivity index (χ4n) is 4.99. The molecule has 3 aromatic heterocycles. The quantitative estimate of drug-likeness (QED) is 0.212. The molecule has 0 atom stereocenters. The van der Waals surface area contributed by atoms with E-state index in [1.807, 2.05) is 48.5 Å². The lowest BCUT2D eigenvalue weighted by Crippen LogP contribution is -2.02. The molecule has 0 spiro atoms. The Bertz CT molecular complexity index is 1880. The van der Waals surface area contributed by atoms with Crippen LogP contribution in [0.3, 0.4) is 0 Å². The van der Waals surface area contributed by atoms with Gasteiger partial charge in [0.1, 0.15) is 11.4 Å². The van der Waals surface area contributed by atoms with E-state index in [0.717, 1.165) is 27.8 Å². The van der Waals surface area contributed by atoms with Gasteiger partial charge in [0.05, 0.1) is 0 Å². The Morgan fingerprint density at radius 1 is 0.310 bits per heavy atom. The molecule has 3 heterocycles. The van der Waals surface area contributed by atoms with Crippen LogP contribution in [-0.2, 0) is 0 Å². The zero-order chi connectivity index (χ0) is 28.1. The van der Waals surface area contributed by atoms with Crippen LogP contribution in [0.1, 0.15) is 0 Å². The van der Waals surface area contributed by atoms with Crippen LogP contribution < -0.4 is 0 Å². The summed E-state index contributed by atoms with van der Waals surface area (Å²) >= 11 is 0. The van der Waals surface area contributed by atoms with E-state index in [1.165, 1.54) is 11.1 Å². The van der Waals surface area contributed by atoms with E-state index in [0.29, 0.717) is 28.9 Å². The molecule has 0 radical (unpaired) electrons. The summed E-state index contributed by atoms with van der Waals surface area (Å²) in [4.78, 5) is 23.5. The average molecular weight is 540 g/mol. The molecule has 0 amide bonds. The van der Waals surface area contributed by atoms with Gasteiger partial charge in [-0.3, -0.25) is 9.97 Å². The normalized spacial score (nSPS) is 10.9. The standard InChI is InChI=1S/C37H25N5/c1-3-11-26(12-4-1)27-17-19-29(20-18-27)31-22-21-30(25-32(31)28-13-5-2-6-14-28)35-40-36(33-15-7-9-23-38-33)42-37(41-35)34-16-8-10-24-39-34/h1-25H. The molecule has 0 fully saturated rings. The number of benzene rings is 4. The SMILES string of the molecule is c1ccc(-c2ccc(-c3ccc(-c4nc(-c5ccccn5)nc(-c5ccccn5)n4)cc3-c3ccccc3)cc2)cc1. The van der Waals surface area contributed by atoms with Crippen molar-refractivity contribution in [1.29, 1.82) is 0 Å². The summed E-state index contributed by atoms with van der Waals surface area (Å²) in [7, 11) is 0. The summed E-state index contributed by atoms with van der Waals surface area (Å²) in [5, 5.41) is 0. The Morgan fingerprint density at radius 2 is 0.762 bits per heavy atom. The second-order valence-corrected chi connectivity index (χ2v) is 9.81. The highest BCUT2D eigenvalue weighted by Gasteiger charge is 2.16. The summed E-state index contributed by atoms with van der Waals surface area (Å²) < 4.78 is 0. The highest BCUT2D eigenvalue weighted by molar-refractivity contribution is 5.87. The van der Waals surface area contributed by atoms with Gasteiger partial charge in [-0.1, -0.05) is 109 Å². The van der Waals surface area contributed by atoms with Gasteiger partial charge in [-0.15, -0.1) is 0 Å². The molecule has 7 rings (SSSR count). The first-order valence-electron chi connectivity index (χ1n) is 13.8. The Kier molecular flexibility index (Phi) is 6.81. The summed E-state index contributed by atoms with van der Waals surface area (Å²) in [5.74, 6) is 1.57. The van der Waals surface area contributed by atoms with E-state index in [2.05, 4.69) is 101 Å². The Labute approximate surface area is 244 Å². The minimum atomic E-state index is 0.503. The van der Waals surface area contributed by atoms with Gasteiger partial charge in [-0.25, -0.2) is 15.0 Å². The van der Waals surface area contributed by atoms with Crippen LogP contribution in [0.2, 0.25) is 0 Å². The molecule has 0 aliphatic rings. The molecule has 5 heteroatoms. The fourth-order valence-corrected chi connectivity index (χ4v) is 4.99. The van der Waals surface area contributed by atoms with Crippen molar-refractivity contribution in [1.82, 2.24) is 24.9 Å². The first-order chi connectivity index (χ1) is 20.8. The number of hydrogen-bond donors (Lipinski definition) is 0. The minimum Gasteiger partial charge on any atom is -0.253 e. The van der Waals surface area contributed by atoms with Gasteiger partial charge in [0.25, 0.3) is 0 Å². The first kappa shape index (κ1) is 25.2. The van der Waals surface area contributed by atoms with Gasteiger partial charge in [0.15, 0.2) is 17.5 Å². The summed E-state index contributed by atoms with van der Waals surface area (Å²) in [6.45, 7) is 0. The maximum absolute atomic E-state index is 4.87. The van der Waals surface area contributed by atoms with Crippen LogP contribution in [0.15, 0.2) is 152 Å².